The average Bonchev–Trinajstić information content (AvgIpc) is 2.48. The van der Waals surface area contributed by atoms with Crippen LogP contribution in [-0.4, -0.2) is 48.6 Å². The van der Waals surface area contributed by atoms with Gasteiger partial charge in [-0.05, 0) is 30.8 Å². The van der Waals surface area contributed by atoms with Gasteiger partial charge in [0.1, 0.15) is 0 Å². The number of hydrogen-bond donors (Lipinski definition) is 1. The Bertz CT molecular complexity index is 469. The molecule has 5 heteroatoms. The second-order valence-electron chi connectivity index (χ2n) is 4.54. The van der Waals surface area contributed by atoms with Crippen LogP contribution in [0.15, 0.2) is 24.3 Å². The standard InChI is InChI=1S/C14H18N4O/c1-2-17-7-9-18(10-8-17)14(19)16-13-5-3-12(11-15)4-6-13/h3-6H,2,7-10H2,1H3,(H,16,19). The van der Waals surface area contributed by atoms with Crippen LogP contribution in [0.5, 0.6) is 0 Å². The summed E-state index contributed by atoms with van der Waals surface area (Å²) in [6, 6.07) is 8.88. The first-order valence-corrected chi connectivity index (χ1v) is 6.51. The molecule has 0 bridgehead atoms. The minimum absolute atomic E-state index is 0.0690. The highest BCUT2D eigenvalue weighted by molar-refractivity contribution is 5.89. The Kier molecular flexibility index (Phi) is 4.37. The lowest BCUT2D eigenvalue weighted by Crippen LogP contribution is -2.49. The van der Waals surface area contributed by atoms with Crippen molar-refractivity contribution in [1.82, 2.24) is 9.80 Å². The summed E-state index contributed by atoms with van der Waals surface area (Å²) in [5, 5.41) is 11.6. The predicted molar refractivity (Wildman–Crippen MR) is 73.9 cm³/mol. The van der Waals surface area contributed by atoms with Gasteiger partial charge in [0.05, 0.1) is 11.6 Å². The molecule has 1 fully saturated rings. The molecule has 19 heavy (non-hydrogen) atoms. The van der Waals surface area contributed by atoms with E-state index in [0.717, 1.165) is 38.4 Å². The van der Waals surface area contributed by atoms with Gasteiger partial charge in [-0.25, -0.2) is 4.79 Å². The molecule has 0 aromatic heterocycles. The molecule has 5 nitrogen and oxygen atoms in total. The number of carbonyl (C=O) groups excluding carboxylic acids is 1. The lowest BCUT2D eigenvalue weighted by molar-refractivity contribution is 0.151. The van der Waals surface area contributed by atoms with Crippen LogP contribution >= 0.6 is 0 Å². The molecular formula is C14H18N4O. The summed E-state index contributed by atoms with van der Waals surface area (Å²) < 4.78 is 0. The van der Waals surface area contributed by atoms with E-state index in [1.54, 1.807) is 24.3 Å². The number of nitrogens with one attached hydrogen (secondary N) is 1. The zero-order valence-corrected chi connectivity index (χ0v) is 11.1. The smallest absolute Gasteiger partial charge is 0.321 e. The van der Waals surface area contributed by atoms with E-state index in [0.29, 0.717) is 5.56 Å². The van der Waals surface area contributed by atoms with Gasteiger partial charge in [-0.1, -0.05) is 6.92 Å². The number of likely N-dealkylation sites (N-methyl/N-ethyl adjacent to an activating group) is 1. The second-order valence-corrected chi connectivity index (χ2v) is 4.54. The maximum absolute atomic E-state index is 12.0. The fraction of sp³-hybridized carbons (Fsp3) is 0.429. The van der Waals surface area contributed by atoms with E-state index < -0.39 is 0 Å². The molecule has 1 aromatic rings. The summed E-state index contributed by atoms with van der Waals surface area (Å²) in [4.78, 5) is 16.2. The molecule has 0 unspecified atom stereocenters. The predicted octanol–water partition coefficient (Wildman–Crippen LogP) is 1.73. The number of nitriles is 1. The maximum Gasteiger partial charge on any atom is 0.321 e. The molecule has 1 N–H and O–H groups in total. The molecule has 0 spiro atoms. The van der Waals surface area contributed by atoms with Gasteiger partial charge in [0.2, 0.25) is 0 Å². The molecule has 2 rings (SSSR count). The minimum Gasteiger partial charge on any atom is -0.322 e. The average molecular weight is 258 g/mol. The molecule has 100 valence electrons. The van der Waals surface area contributed by atoms with E-state index in [1.165, 1.54) is 0 Å². The molecule has 1 aromatic carbocycles. The van der Waals surface area contributed by atoms with Crippen molar-refractivity contribution < 1.29 is 4.79 Å². The van der Waals surface area contributed by atoms with E-state index in [-0.39, 0.29) is 6.03 Å². The number of carbonyl (C=O) groups is 1. The third-order valence-electron chi connectivity index (χ3n) is 3.37. The van der Waals surface area contributed by atoms with Gasteiger partial charge < -0.3 is 15.1 Å². The van der Waals surface area contributed by atoms with Gasteiger partial charge in [-0.2, -0.15) is 5.26 Å². The third-order valence-corrected chi connectivity index (χ3v) is 3.37. The fourth-order valence-corrected chi connectivity index (χ4v) is 2.10. The van der Waals surface area contributed by atoms with E-state index in [1.807, 2.05) is 4.90 Å². The Hall–Kier alpha value is -2.06. The van der Waals surface area contributed by atoms with Crippen LogP contribution in [0.25, 0.3) is 0 Å². The van der Waals surface area contributed by atoms with Crippen LogP contribution < -0.4 is 5.32 Å². The monoisotopic (exact) mass is 258 g/mol. The lowest BCUT2D eigenvalue weighted by Gasteiger charge is -2.33. The van der Waals surface area contributed by atoms with Crippen LogP contribution in [-0.2, 0) is 0 Å². The molecule has 1 saturated heterocycles. The number of hydrogen-bond acceptors (Lipinski definition) is 3. The van der Waals surface area contributed by atoms with Crippen LogP contribution in [0.2, 0.25) is 0 Å². The third kappa shape index (κ3) is 3.46. The zero-order valence-electron chi connectivity index (χ0n) is 11.1. The highest BCUT2D eigenvalue weighted by Gasteiger charge is 2.19. The molecule has 0 radical (unpaired) electrons. The highest BCUT2D eigenvalue weighted by atomic mass is 16.2. The summed E-state index contributed by atoms with van der Waals surface area (Å²) in [6.45, 7) is 6.54. The van der Waals surface area contributed by atoms with E-state index in [9.17, 15) is 4.79 Å². The summed E-state index contributed by atoms with van der Waals surface area (Å²) >= 11 is 0. The van der Waals surface area contributed by atoms with Gasteiger partial charge in [0, 0.05) is 31.9 Å². The van der Waals surface area contributed by atoms with E-state index >= 15 is 0 Å². The van der Waals surface area contributed by atoms with Crippen molar-refractivity contribution in [2.75, 3.05) is 38.0 Å². The van der Waals surface area contributed by atoms with Gasteiger partial charge in [-0.3, -0.25) is 0 Å². The maximum atomic E-state index is 12.0. The summed E-state index contributed by atoms with van der Waals surface area (Å²) in [7, 11) is 0. The first-order valence-electron chi connectivity index (χ1n) is 6.51. The minimum atomic E-state index is -0.0690. The Labute approximate surface area is 113 Å². The van der Waals surface area contributed by atoms with Crippen LogP contribution in [0, 0.1) is 11.3 Å². The number of amides is 2. The van der Waals surface area contributed by atoms with Gasteiger partial charge >= 0.3 is 6.03 Å². The largest absolute Gasteiger partial charge is 0.322 e. The number of piperazine rings is 1. The molecule has 0 atom stereocenters. The molecule has 1 heterocycles. The molecule has 1 aliphatic rings. The Balaban J connectivity index is 1.89. The number of benzene rings is 1. The van der Waals surface area contributed by atoms with Crippen molar-refractivity contribution in [3.63, 3.8) is 0 Å². The number of anilines is 1. The van der Waals surface area contributed by atoms with Crippen LogP contribution in [0.1, 0.15) is 12.5 Å². The van der Waals surface area contributed by atoms with Gasteiger partial charge in [0.25, 0.3) is 0 Å². The number of rotatable bonds is 2. The SMILES string of the molecule is CCN1CCN(C(=O)Nc2ccc(C#N)cc2)CC1. The lowest BCUT2D eigenvalue weighted by atomic mass is 10.2. The van der Waals surface area contributed by atoms with Crippen molar-refractivity contribution in [1.29, 1.82) is 5.26 Å². The zero-order chi connectivity index (χ0) is 13.7. The van der Waals surface area contributed by atoms with Crippen LogP contribution in [0.4, 0.5) is 10.5 Å². The first kappa shape index (κ1) is 13.4. The summed E-state index contributed by atoms with van der Waals surface area (Å²) in [5.41, 5.74) is 1.32. The van der Waals surface area contributed by atoms with E-state index in [4.69, 9.17) is 5.26 Å². The number of nitrogens with zero attached hydrogens (tertiary/aromatic N) is 3. The quantitative estimate of drug-likeness (QED) is 0.878. The molecule has 0 saturated carbocycles. The normalized spacial score (nSPS) is 15.9. The highest BCUT2D eigenvalue weighted by Crippen LogP contribution is 2.10. The van der Waals surface area contributed by atoms with Gasteiger partial charge in [0.15, 0.2) is 0 Å². The van der Waals surface area contributed by atoms with Gasteiger partial charge in [-0.15, -0.1) is 0 Å². The molecule has 2 amide bonds. The van der Waals surface area contributed by atoms with Crippen LogP contribution in [0.3, 0.4) is 0 Å². The Morgan fingerprint density at radius 3 is 2.42 bits per heavy atom. The summed E-state index contributed by atoms with van der Waals surface area (Å²) in [6.07, 6.45) is 0. The molecule has 0 aliphatic carbocycles. The summed E-state index contributed by atoms with van der Waals surface area (Å²) in [5.74, 6) is 0. The molecule has 1 aliphatic heterocycles. The van der Waals surface area contributed by atoms with Crippen molar-refractivity contribution in [3.8, 4) is 6.07 Å². The number of urea groups is 1. The fourth-order valence-electron chi connectivity index (χ4n) is 2.10. The Morgan fingerprint density at radius 1 is 1.26 bits per heavy atom. The van der Waals surface area contributed by atoms with Crippen molar-refractivity contribution in [2.45, 2.75) is 6.92 Å². The van der Waals surface area contributed by atoms with Crippen molar-refractivity contribution in [2.24, 2.45) is 0 Å². The van der Waals surface area contributed by atoms with Crippen molar-refractivity contribution in [3.05, 3.63) is 29.8 Å². The Morgan fingerprint density at radius 2 is 1.89 bits per heavy atom. The second kappa shape index (κ2) is 6.21. The van der Waals surface area contributed by atoms with E-state index in [2.05, 4.69) is 23.2 Å². The first-order chi connectivity index (χ1) is 9.22. The molecular weight excluding hydrogens is 240 g/mol. The topological polar surface area (TPSA) is 59.4 Å². The van der Waals surface area contributed by atoms with Crippen molar-refractivity contribution >= 4 is 11.7 Å².